The van der Waals surface area contributed by atoms with Crippen LogP contribution in [0.2, 0.25) is 5.02 Å². The van der Waals surface area contributed by atoms with Crippen LogP contribution in [0.4, 0.5) is 5.69 Å². The lowest BCUT2D eigenvalue weighted by atomic mass is 10.1. The van der Waals surface area contributed by atoms with Gasteiger partial charge in [-0.3, -0.25) is 4.79 Å². The molecule has 0 spiro atoms. The minimum Gasteiger partial charge on any atom is -0.324 e. The van der Waals surface area contributed by atoms with Crippen molar-refractivity contribution >= 4 is 44.4 Å². The van der Waals surface area contributed by atoms with Gasteiger partial charge < -0.3 is 5.32 Å². The highest BCUT2D eigenvalue weighted by Gasteiger charge is 2.20. The van der Waals surface area contributed by atoms with Crippen molar-refractivity contribution in [3.63, 3.8) is 0 Å². The Morgan fingerprint density at radius 1 is 1.17 bits per heavy atom. The first-order valence-electron chi connectivity index (χ1n) is 9.47. The van der Waals surface area contributed by atoms with Crippen molar-refractivity contribution in [1.82, 2.24) is 4.98 Å². The Labute approximate surface area is 186 Å². The first kappa shape index (κ1) is 22.5. The second kappa shape index (κ2) is 9.29. The van der Waals surface area contributed by atoms with Crippen LogP contribution >= 0.6 is 22.9 Å². The molecule has 0 aliphatic carbocycles. The van der Waals surface area contributed by atoms with Gasteiger partial charge in [-0.2, -0.15) is 0 Å². The monoisotopic (exact) mass is 462 g/mol. The number of halogens is 1. The van der Waals surface area contributed by atoms with E-state index in [4.69, 9.17) is 11.6 Å². The summed E-state index contributed by atoms with van der Waals surface area (Å²) < 4.78 is 25.0. The van der Waals surface area contributed by atoms with Crippen LogP contribution < -0.4 is 5.32 Å². The largest absolute Gasteiger partial charge is 0.324 e. The molecule has 0 saturated heterocycles. The molecule has 1 aromatic heterocycles. The summed E-state index contributed by atoms with van der Waals surface area (Å²) in [4.78, 5) is 16.8. The van der Waals surface area contributed by atoms with E-state index in [0.29, 0.717) is 16.4 Å². The van der Waals surface area contributed by atoms with Gasteiger partial charge in [0.05, 0.1) is 22.2 Å². The number of rotatable bonds is 7. The van der Waals surface area contributed by atoms with Crippen LogP contribution in [0.1, 0.15) is 29.3 Å². The molecule has 2 aromatic carbocycles. The van der Waals surface area contributed by atoms with E-state index in [1.54, 1.807) is 11.4 Å². The van der Waals surface area contributed by atoms with Gasteiger partial charge in [-0.05, 0) is 43.0 Å². The van der Waals surface area contributed by atoms with Crippen LogP contribution in [0.25, 0.3) is 10.6 Å². The fourth-order valence-corrected chi connectivity index (χ4v) is 5.59. The Hall–Kier alpha value is -2.22. The zero-order valence-corrected chi connectivity index (χ0v) is 19.4. The summed E-state index contributed by atoms with van der Waals surface area (Å²) in [6, 6.07) is 11.6. The minimum atomic E-state index is -3.68. The van der Waals surface area contributed by atoms with E-state index >= 15 is 0 Å². The molecule has 1 N–H and O–H groups in total. The molecule has 5 nitrogen and oxygen atoms in total. The number of sulfone groups is 1. The van der Waals surface area contributed by atoms with Crippen molar-refractivity contribution < 1.29 is 13.2 Å². The molecule has 1 heterocycles. The van der Waals surface area contributed by atoms with E-state index in [0.717, 1.165) is 28.1 Å². The number of hydrogen-bond donors (Lipinski definition) is 1. The van der Waals surface area contributed by atoms with Crippen molar-refractivity contribution in [2.24, 2.45) is 0 Å². The van der Waals surface area contributed by atoms with Crippen LogP contribution in [0.5, 0.6) is 0 Å². The Morgan fingerprint density at radius 2 is 1.87 bits per heavy atom. The molecule has 158 valence electrons. The Bertz CT molecular complexity index is 1150. The number of carbonyl (C=O) groups excluding carboxylic acids is 1. The molecule has 30 heavy (non-hydrogen) atoms. The van der Waals surface area contributed by atoms with Crippen LogP contribution in [0, 0.1) is 13.8 Å². The van der Waals surface area contributed by atoms with E-state index in [9.17, 15) is 13.2 Å². The standard InChI is InChI=1S/C22H23ClN2O3S2/c1-4-16-5-7-17(8-6-16)22-24-18(11-29-22)12-30(27,28)13-20(26)25-21-15(3)9-14(2)10-19(21)23/h5-11H,4,12-13H2,1-3H3,(H,25,26). The fourth-order valence-electron chi connectivity index (χ4n) is 3.11. The van der Waals surface area contributed by atoms with E-state index in [2.05, 4.69) is 17.2 Å². The van der Waals surface area contributed by atoms with Gasteiger partial charge in [0, 0.05) is 10.9 Å². The number of aromatic nitrogens is 1. The second-order valence-corrected chi connectivity index (χ2v) is 10.5. The Kier molecular flexibility index (Phi) is 6.95. The van der Waals surface area contributed by atoms with Crippen molar-refractivity contribution in [2.45, 2.75) is 32.9 Å². The first-order valence-corrected chi connectivity index (χ1v) is 12.6. The quantitative estimate of drug-likeness (QED) is 0.523. The SMILES string of the molecule is CCc1ccc(-c2nc(CS(=O)(=O)CC(=O)Nc3c(C)cc(C)cc3Cl)cs2)cc1. The van der Waals surface area contributed by atoms with Crippen LogP contribution in [-0.4, -0.2) is 25.1 Å². The number of benzene rings is 2. The normalized spacial score (nSPS) is 11.5. The molecular weight excluding hydrogens is 440 g/mol. The predicted octanol–water partition coefficient (Wildman–Crippen LogP) is 5.20. The molecule has 0 aliphatic rings. The average molecular weight is 463 g/mol. The summed E-state index contributed by atoms with van der Waals surface area (Å²) in [7, 11) is -3.68. The molecule has 0 radical (unpaired) electrons. The summed E-state index contributed by atoms with van der Waals surface area (Å²) in [6.45, 7) is 5.80. The number of amides is 1. The van der Waals surface area contributed by atoms with Gasteiger partial charge in [-0.15, -0.1) is 11.3 Å². The van der Waals surface area contributed by atoms with Crippen molar-refractivity contribution in [3.8, 4) is 10.6 Å². The third kappa shape index (κ3) is 5.68. The predicted molar refractivity (Wildman–Crippen MR) is 124 cm³/mol. The highest BCUT2D eigenvalue weighted by atomic mass is 35.5. The third-order valence-electron chi connectivity index (χ3n) is 4.58. The number of carbonyl (C=O) groups is 1. The van der Waals surface area contributed by atoms with Crippen LogP contribution in [0.15, 0.2) is 41.8 Å². The molecule has 3 aromatic rings. The number of nitrogens with one attached hydrogen (secondary N) is 1. The summed E-state index contributed by atoms with van der Waals surface area (Å²) in [6.07, 6.45) is 0.955. The van der Waals surface area contributed by atoms with Crippen LogP contribution in [0.3, 0.4) is 0 Å². The maximum absolute atomic E-state index is 12.5. The second-order valence-electron chi connectivity index (χ2n) is 7.21. The Balaban J connectivity index is 1.67. The van der Waals surface area contributed by atoms with Crippen molar-refractivity contribution in [3.05, 3.63) is 69.2 Å². The third-order valence-corrected chi connectivity index (χ3v) is 7.25. The number of aryl methyl sites for hydroxylation is 3. The zero-order valence-electron chi connectivity index (χ0n) is 17.0. The lowest BCUT2D eigenvalue weighted by molar-refractivity contribution is -0.113. The van der Waals surface area contributed by atoms with Crippen molar-refractivity contribution in [2.75, 3.05) is 11.1 Å². The topological polar surface area (TPSA) is 76.1 Å². The zero-order chi connectivity index (χ0) is 21.9. The molecule has 0 fully saturated rings. The van der Waals surface area contributed by atoms with E-state index in [1.807, 2.05) is 44.2 Å². The lowest BCUT2D eigenvalue weighted by Gasteiger charge is -2.11. The van der Waals surface area contributed by atoms with Gasteiger partial charge in [-0.1, -0.05) is 48.9 Å². The van der Waals surface area contributed by atoms with Gasteiger partial charge >= 0.3 is 0 Å². The smallest absolute Gasteiger partial charge is 0.239 e. The first-order chi connectivity index (χ1) is 14.2. The minimum absolute atomic E-state index is 0.287. The molecule has 8 heteroatoms. The summed E-state index contributed by atoms with van der Waals surface area (Å²) in [5.74, 6) is -1.53. The summed E-state index contributed by atoms with van der Waals surface area (Å²) >= 11 is 7.58. The fraction of sp³-hybridized carbons (Fsp3) is 0.273. The van der Waals surface area contributed by atoms with Gasteiger partial charge in [0.15, 0.2) is 9.84 Å². The molecule has 0 unspecified atom stereocenters. The molecule has 0 saturated carbocycles. The maximum Gasteiger partial charge on any atom is 0.239 e. The maximum atomic E-state index is 12.5. The van der Waals surface area contributed by atoms with Crippen LogP contribution in [-0.2, 0) is 26.8 Å². The number of anilines is 1. The highest BCUT2D eigenvalue weighted by molar-refractivity contribution is 7.91. The number of nitrogens with zero attached hydrogens (tertiary/aromatic N) is 1. The summed E-state index contributed by atoms with van der Waals surface area (Å²) in [5.41, 5.74) is 4.80. The van der Waals surface area contributed by atoms with Gasteiger partial charge in [0.2, 0.25) is 5.91 Å². The summed E-state index contributed by atoms with van der Waals surface area (Å²) in [5, 5.41) is 5.49. The molecular formula is C22H23ClN2O3S2. The molecule has 0 bridgehead atoms. The molecule has 0 aliphatic heterocycles. The highest BCUT2D eigenvalue weighted by Crippen LogP contribution is 2.28. The van der Waals surface area contributed by atoms with Gasteiger partial charge in [0.1, 0.15) is 10.8 Å². The van der Waals surface area contributed by atoms with E-state index < -0.39 is 21.5 Å². The molecule has 3 rings (SSSR count). The van der Waals surface area contributed by atoms with Gasteiger partial charge in [0.25, 0.3) is 0 Å². The van der Waals surface area contributed by atoms with E-state index in [-0.39, 0.29) is 5.75 Å². The molecule has 1 amide bonds. The number of hydrogen-bond acceptors (Lipinski definition) is 5. The number of thiazole rings is 1. The Morgan fingerprint density at radius 3 is 2.50 bits per heavy atom. The van der Waals surface area contributed by atoms with E-state index in [1.165, 1.54) is 16.9 Å². The molecule has 0 atom stereocenters. The lowest BCUT2D eigenvalue weighted by Crippen LogP contribution is -2.24. The van der Waals surface area contributed by atoms with Gasteiger partial charge in [-0.25, -0.2) is 13.4 Å². The average Bonchev–Trinajstić information content (AvgIpc) is 3.12. The van der Waals surface area contributed by atoms with Crippen molar-refractivity contribution in [1.29, 1.82) is 0 Å².